The van der Waals surface area contributed by atoms with Gasteiger partial charge in [0.2, 0.25) is 7.44 Å². The number of nitrogens with one attached hydrogen (secondary N) is 2. The number of benzene rings is 1. The SMILES string of the molecule is C=CC(C)/C=C(\C=C(\C)CCc1ccc(N=O)c(C(C)C)c1)OCP(=O)(NC(C)C(=O)OC(C)C)NC(C)C(O)OC(C)C(C)CC. The number of hydrogen-bond donors (Lipinski definition) is 3. The molecule has 0 bridgehead atoms. The number of hydrogen-bond acceptors (Lipinski definition) is 8. The van der Waals surface area contributed by atoms with Crippen LogP contribution in [0, 0.1) is 16.7 Å². The van der Waals surface area contributed by atoms with Crippen molar-refractivity contribution < 1.29 is 28.7 Å². The van der Waals surface area contributed by atoms with Gasteiger partial charge in [-0.2, -0.15) is 0 Å². The smallest absolute Gasteiger partial charge is 0.323 e. The molecule has 47 heavy (non-hydrogen) atoms. The summed E-state index contributed by atoms with van der Waals surface area (Å²) >= 11 is 0. The van der Waals surface area contributed by atoms with E-state index >= 15 is 0 Å². The van der Waals surface area contributed by atoms with Crippen LogP contribution in [-0.4, -0.2) is 48.0 Å². The standard InChI is InChI=1S/C36H60N3O7P/c1-13-25(7)19-32(20-26(8)15-16-31-17-18-34(37-42)33(21-31)23(3)4)44-22-47(43,38-28(10)35(40)45-24(5)6)39-29(11)36(41)46-30(12)27(9)14-2/h13,17-21,23-25,27-30,36,41H,1,14-16,22H2,2-12H3,(H2,38,39,43)/b26-20-,32-19+. The van der Waals surface area contributed by atoms with Gasteiger partial charge in [-0.25, -0.2) is 10.2 Å². The van der Waals surface area contributed by atoms with Gasteiger partial charge in [-0.15, -0.1) is 11.5 Å². The highest BCUT2D eigenvalue weighted by Gasteiger charge is 2.33. The van der Waals surface area contributed by atoms with E-state index < -0.39 is 31.8 Å². The fraction of sp³-hybridized carbons (Fsp3) is 0.639. The van der Waals surface area contributed by atoms with E-state index in [0.717, 1.165) is 36.0 Å². The number of esters is 1. The van der Waals surface area contributed by atoms with Gasteiger partial charge in [0.15, 0.2) is 12.6 Å². The zero-order valence-electron chi connectivity index (χ0n) is 30.4. The summed E-state index contributed by atoms with van der Waals surface area (Å²) in [4.78, 5) is 23.9. The summed E-state index contributed by atoms with van der Waals surface area (Å²) < 4.78 is 31.7. The van der Waals surface area contributed by atoms with E-state index in [1.165, 1.54) is 0 Å². The number of ether oxygens (including phenoxy) is 3. The predicted octanol–water partition coefficient (Wildman–Crippen LogP) is 8.64. The van der Waals surface area contributed by atoms with Crippen molar-refractivity contribution in [3.63, 3.8) is 0 Å². The van der Waals surface area contributed by atoms with Gasteiger partial charge in [0.1, 0.15) is 17.5 Å². The first-order chi connectivity index (χ1) is 21.9. The Bertz CT molecular complexity index is 1260. The normalized spacial score (nSPS) is 17.7. The number of nitroso groups, excluding NO2 is 1. The molecule has 7 unspecified atom stereocenters. The molecular weight excluding hydrogens is 617 g/mol. The van der Waals surface area contributed by atoms with Crippen LogP contribution in [0.2, 0.25) is 0 Å². The van der Waals surface area contributed by atoms with Crippen molar-refractivity contribution in [1.82, 2.24) is 10.2 Å². The quantitative estimate of drug-likeness (QED) is 0.0210. The summed E-state index contributed by atoms with van der Waals surface area (Å²) in [5, 5.41) is 19.9. The van der Waals surface area contributed by atoms with Gasteiger partial charge in [-0.1, -0.05) is 64.8 Å². The minimum absolute atomic E-state index is 0.0394. The lowest BCUT2D eigenvalue weighted by molar-refractivity contribution is -0.154. The lowest BCUT2D eigenvalue weighted by Crippen LogP contribution is -2.45. The van der Waals surface area contributed by atoms with Crippen molar-refractivity contribution >= 4 is 19.1 Å². The molecule has 10 nitrogen and oxygen atoms in total. The number of allylic oxidation sites excluding steroid dienone is 4. The first-order valence-electron chi connectivity index (χ1n) is 16.7. The van der Waals surface area contributed by atoms with Crippen LogP contribution in [0.3, 0.4) is 0 Å². The van der Waals surface area contributed by atoms with Gasteiger partial charge in [0.25, 0.3) is 0 Å². The van der Waals surface area contributed by atoms with Crippen LogP contribution in [-0.2, 0) is 30.0 Å². The summed E-state index contributed by atoms with van der Waals surface area (Å²) in [6.07, 6.45) is 5.77. The second kappa shape index (κ2) is 20.7. The van der Waals surface area contributed by atoms with Crippen LogP contribution in [0.1, 0.15) is 106 Å². The first-order valence-corrected chi connectivity index (χ1v) is 18.6. The molecule has 0 saturated carbocycles. The van der Waals surface area contributed by atoms with Crippen molar-refractivity contribution in [1.29, 1.82) is 0 Å². The molecule has 3 N–H and O–H groups in total. The summed E-state index contributed by atoms with van der Waals surface area (Å²) in [5.41, 5.74) is 3.50. The summed E-state index contributed by atoms with van der Waals surface area (Å²) in [7, 11) is -3.69. The van der Waals surface area contributed by atoms with Crippen molar-refractivity contribution in [2.24, 2.45) is 17.0 Å². The molecule has 0 saturated heterocycles. The Kier molecular flexibility index (Phi) is 18.7. The molecule has 0 heterocycles. The van der Waals surface area contributed by atoms with Gasteiger partial charge in [0, 0.05) is 0 Å². The fourth-order valence-corrected chi connectivity index (χ4v) is 6.67. The minimum Gasteiger partial charge on any atom is -0.484 e. The van der Waals surface area contributed by atoms with E-state index in [0.29, 0.717) is 11.4 Å². The number of aryl methyl sites for hydroxylation is 1. The lowest BCUT2D eigenvalue weighted by Gasteiger charge is -2.31. The molecule has 266 valence electrons. The monoisotopic (exact) mass is 677 g/mol. The fourth-order valence-electron chi connectivity index (χ4n) is 4.60. The van der Waals surface area contributed by atoms with E-state index in [4.69, 9.17) is 14.2 Å². The van der Waals surface area contributed by atoms with Crippen LogP contribution < -0.4 is 10.2 Å². The highest BCUT2D eigenvalue weighted by atomic mass is 31.2. The summed E-state index contributed by atoms with van der Waals surface area (Å²) in [6, 6.07) is 4.04. The van der Waals surface area contributed by atoms with E-state index in [1.807, 2.05) is 72.8 Å². The lowest BCUT2D eigenvalue weighted by atomic mass is 9.96. The Morgan fingerprint density at radius 2 is 1.74 bits per heavy atom. The van der Waals surface area contributed by atoms with Crippen LogP contribution in [0.5, 0.6) is 0 Å². The number of carbonyl (C=O) groups excluding carboxylic acids is 1. The molecule has 7 atom stereocenters. The molecule has 0 radical (unpaired) electrons. The van der Waals surface area contributed by atoms with Crippen molar-refractivity contribution in [2.45, 2.75) is 132 Å². The maximum atomic E-state index is 14.4. The molecule has 1 aromatic rings. The molecule has 0 spiro atoms. The van der Waals surface area contributed by atoms with E-state index in [9.17, 15) is 19.4 Å². The number of aliphatic hydroxyl groups is 1. The Hall–Kier alpha value is -2.62. The van der Waals surface area contributed by atoms with Crippen molar-refractivity contribution in [3.05, 3.63) is 70.4 Å². The average molecular weight is 678 g/mol. The molecule has 0 aliphatic rings. The van der Waals surface area contributed by atoms with Gasteiger partial charge in [0.05, 0.1) is 18.2 Å². The zero-order valence-corrected chi connectivity index (χ0v) is 31.3. The van der Waals surface area contributed by atoms with Gasteiger partial charge >= 0.3 is 5.97 Å². The Morgan fingerprint density at radius 3 is 2.30 bits per heavy atom. The molecule has 11 heteroatoms. The first kappa shape index (κ1) is 42.4. The second-order valence-corrected chi connectivity index (χ2v) is 15.4. The van der Waals surface area contributed by atoms with Crippen molar-refractivity contribution in [3.8, 4) is 0 Å². The third kappa shape index (κ3) is 15.4. The summed E-state index contributed by atoms with van der Waals surface area (Å²) in [5.74, 6) is 0.294. The van der Waals surface area contributed by atoms with E-state index in [-0.39, 0.29) is 36.3 Å². The number of nitrogens with zero attached hydrogens (tertiary/aromatic N) is 1. The second-order valence-electron chi connectivity index (χ2n) is 13.2. The van der Waals surface area contributed by atoms with E-state index in [1.54, 1.807) is 39.8 Å². The third-order valence-corrected chi connectivity index (χ3v) is 10.1. The van der Waals surface area contributed by atoms with Crippen LogP contribution in [0.25, 0.3) is 0 Å². The van der Waals surface area contributed by atoms with Gasteiger partial charge < -0.3 is 19.3 Å². The van der Waals surface area contributed by atoms with Gasteiger partial charge in [-0.3, -0.25) is 9.36 Å². The van der Waals surface area contributed by atoms with Crippen LogP contribution >= 0.6 is 7.44 Å². The molecule has 1 aromatic carbocycles. The van der Waals surface area contributed by atoms with E-state index in [2.05, 4.69) is 21.9 Å². The minimum atomic E-state index is -3.69. The molecule has 1 rings (SSSR count). The Labute approximate surface area is 283 Å². The highest BCUT2D eigenvalue weighted by molar-refractivity contribution is 7.59. The molecule has 0 aliphatic carbocycles. The topological polar surface area (TPSA) is 136 Å². The third-order valence-electron chi connectivity index (χ3n) is 7.97. The largest absolute Gasteiger partial charge is 0.484 e. The van der Waals surface area contributed by atoms with Crippen LogP contribution in [0.15, 0.2) is 59.5 Å². The molecule has 0 amide bonds. The average Bonchev–Trinajstić information content (AvgIpc) is 3.01. The maximum Gasteiger partial charge on any atom is 0.323 e. The maximum absolute atomic E-state index is 14.4. The predicted molar refractivity (Wildman–Crippen MR) is 191 cm³/mol. The zero-order chi connectivity index (χ0) is 35.9. The molecule has 0 aromatic heterocycles. The molecular formula is C36H60N3O7P. The number of rotatable bonds is 22. The van der Waals surface area contributed by atoms with Crippen molar-refractivity contribution in [2.75, 3.05) is 6.35 Å². The Balaban J connectivity index is 3.25. The Morgan fingerprint density at radius 1 is 1.09 bits per heavy atom. The highest BCUT2D eigenvalue weighted by Crippen LogP contribution is 2.39. The van der Waals surface area contributed by atoms with Gasteiger partial charge in [-0.05, 0) is 107 Å². The molecule has 0 aliphatic heterocycles. The number of carbonyl (C=O) groups is 1. The summed E-state index contributed by atoms with van der Waals surface area (Å²) in [6.45, 7) is 24.6. The van der Waals surface area contributed by atoms with Crippen LogP contribution in [0.4, 0.5) is 5.69 Å². The number of aliphatic hydroxyl groups excluding tert-OH is 1. The molecule has 0 fully saturated rings.